The molecule has 0 aliphatic carbocycles. The van der Waals surface area contributed by atoms with Crippen LogP contribution < -0.4 is 5.32 Å². The number of anilines is 1. The Bertz CT molecular complexity index is 984. The van der Waals surface area contributed by atoms with E-state index in [1.807, 2.05) is 80.6 Å². The Kier molecular flexibility index (Phi) is 6.98. The van der Waals surface area contributed by atoms with Crippen molar-refractivity contribution in [2.45, 2.75) is 19.9 Å². The average Bonchev–Trinajstić information content (AvgIpc) is 3.17. The minimum absolute atomic E-state index is 0.0639. The van der Waals surface area contributed by atoms with Gasteiger partial charge in [-0.25, -0.2) is 4.68 Å². The van der Waals surface area contributed by atoms with Crippen molar-refractivity contribution >= 4 is 17.6 Å². The van der Waals surface area contributed by atoms with Crippen molar-refractivity contribution in [3.8, 4) is 16.9 Å². The summed E-state index contributed by atoms with van der Waals surface area (Å²) in [5.74, 6) is 0.00184. The molecule has 0 bridgehead atoms. The Morgan fingerprint density at radius 1 is 1.07 bits per heavy atom. The van der Waals surface area contributed by atoms with E-state index in [0.29, 0.717) is 5.82 Å². The molecule has 0 saturated carbocycles. The molecule has 7 heteroatoms. The van der Waals surface area contributed by atoms with Crippen LogP contribution in [-0.2, 0) is 14.3 Å². The lowest BCUT2D eigenvalue weighted by atomic mass is 10.1. The van der Waals surface area contributed by atoms with Crippen molar-refractivity contribution in [2.75, 3.05) is 25.6 Å². The molecule has 156 valence electrons. The van der Waals surface area contributed by atoms with Crippen LogP contribution >= 0.6 is 0 Å². The Morgan fingerprint density at radius 3 is 2.30 bits per heavy atom. The molecule has 2 amide bonds. The molecular weight excluding hydrogens is 380 g/mol. The number of rotatable bonds is 8. The topological polar surface area (TPSA) is 76.5 Å². The maximum absolute atomic E-state index is 12.8. The van der Waals surface area contributed by atoms with Gasteiger partial charge in [-0.2, -0.15) is 5.10 Å². The van der Waals surface area contributed by atoms with Crippen LogP contribution in [-0.4, -0.2) is 52.8 Å². The zero-order valence-corrected chi connectivity index (χ0v) is 17.4. The normalized spacial score (nSPS) is 10.8. The highest BCUT2D eigenvalue weighted by atomic mass is 16.5. The number of methoxy groups -OCH3 is 1. The third-order valence-corrected chi connectivity index (χ3v) is 4.57. The fraction of sp³-hybridized carbons (Fsp3) is 0.261. The van der Waals surface area contributed by atoms with Crippen LogP contribution in [0.15, 0.2) is 66.7 Å². The number of benzene rings is 2. The number of para-hydroxylation sites is 1. The lowest BCUT2D eigenvalue weighted by molar-refractivity contribution is -0.139. The number of hydrogen-bond acceptors (Lipinski definition) is 4. The second-order valence-corrected chi connectivity index (χ2v) is 7.12. The van der Waals surface area contributed by atoms with E-state index in [2.05, 4.69) is 10.4 Å². The van der Waals surface area contributed by atoms with E-state index >= 15 is 0 Å². The summed E-state index contributed by atoms with van der Waals surface area (Å²) < 4.78 is 6.62. The molecule has 30 heavy (non-hydrogen) atoms. The number of amides is 2. The molecule has 0 spiro atoms. The summed E-state index contributed by atoms with van der Waals surface area (Å²) >= 11 is 0. The van der Waals surface area contributed by atoms with Crippen LogP contribution in [0.25, 0.3) is 16.9 Å². The van der Waals surface area contributed by atoms with Gasteiger partial charge in [-0.3, -0.25) is 9.59 Å². The summed E-state index contributed by atoms with van der Waals surface area (Å²) in [4.78, 5) is 26.5. The Labute approximate surface area is 176 Å². The fourth-order valence-corrected chi connectivity index (χ4v) is 3.09. The van der Waals surface area contributed by atoms with Gasteiger partial charge < -0.3 is 15.0 Å². The van der Waals surface area contributed by atoms with Crippen molar-refractivity contribution in [1.29, 1.82) is 0 Å². The van der Waals surface area contributed by atoms with Gasteiger partial charge in [0.25, 0.3) is 0 Å². The molecule has 1 N–H and O–H groups in total. The van der Waals surface area contributed by atoms with E-state index < -0.39 is 0 Å². The van der Waals surface area contributed by atoms with Crippen LogP contribution in [0.3, 0.4) is 0 Å². The van der Waals surface area contributed by atoms with E-state index in [1.54, 1.807) is 4.68 Å². The number of carbonyl (C=O) groups excluding carboxylic acids is 2. The molecule has 0 aliphatic heterocycles. The zero-order valence-electron chi connectivity index (χ0n) is 17.4. The van der Waals surface area contributed by atoms with Crippen LogP contribution in [0.1, 0.15) is 13.8 Å². The molecule has 0 unspecified atom stereocenters. The van der Waals surface area contributed by atoms with Gasteiger partial charge in [0.05, 0.1) is 11.4 Å². The van der Waals surface area contributed by atoms with Gasteiger partial charge in [-0.1, -0.05) is 48.5 Å². The lowest BCUT2D eigenvalue weighted by Crippen LogP contribution is -2.44. The second-order valence-electron chi connectivity index (χ2n) is 7.12. The molecular formula is C23H26N4O3. The molecule has 0 fully saturated rings. The average molecular weight is 406 g/mol. The highest BCUT2D eigenvalue weighted by Gasteiger charge is 2.21. The van der Waals surface area contributed by atoms with Crippen LogP contribution in [0, 0.1) is 0 Å². The highest BCUT2D eigenvalue weighted by Crippen LogP contribution is 2.24. The van der Waals surface area contributed by atoms with Crippen molar-refractivity contribution in [1.82, 2.24) is 14.7 Å². The number of nitrogens with zero attached hydrogens (tertiary/aromatic N) is 3. The van der Waals surface area contributed by atoms with E-state index in [1.165, 1.54) is 12.0 Å². The molecule has 3 rings (SSSR count). The summed E-state index contributed by atoms with van der Waals surface area (Å²) in [7, 11) is 1.46. The molecule has 0 aliphatic rings. The molecule has 0 saturated heterocycles. The Balaban J connectivity index is 1.88. The minimum atomic E-state index is -0.301. The van der Waals surface area contributed by atoms with Gasteiger partial charge in [-0.15, -0.1) is 0 Å². The van der Waals surface area contributed by atoms with E-state index in [-0.39, 0.29) is 31.0 Å². The minimum Gasteiger partial charge on any atom is -0.375 e. The van der Waals surface area contributed by atoms with Crippen LogP contribution in [0.4, 0.5) is 5.82 Å². The molecule has 2 aromatic carbocycles. The maximum atomic E-state index is 12.8. The number of carbonyl (C=O) groups is 2. The first-order valence-electron chi connectivity index (χ1n) is 9.78. The van der Waals surface area contributed by atoms with Crippen LogP contribution in [0.2, 0.25) is 0 Å². The van der Waals surface area contributed by atoms with Crippen LogP contribution in [0.5, 0.6) is 0 Å². The van der Waals surface area contributed by atoms with E-state index in [9.17, 15) is 9.59 Å². The molecule has 7 nitrogen and oxygen atoms in total. The smallest absolute Gasteiger partial charge is 0.249 e. The first kappa shape index (κ1) is 21.3. The molecule has 0 atom stereocenters. The first-order valence-corrected chi connectivity index (χ1v) is 9.78. The third kappa shape index (κ3) is 5.12. The van der Waals surface area contributed by atoms with E-state index in [0.717, 1.165) is 16.9 Å². The van der Waals surface area contributed by atoms with Gasteiger partial charge in [0.2, 0.25) is 11.8 Å². The Morgan fingerprint density at radius 2 is 1.70 bits per heavy atom. The Hall–Kier alpha value is -3.45. The second kappa shape index (κ2) is 9.84. The lowest BCUT2D eigenvalue weighted by Gasteiger charge is -2.25. The fourth-order valence-electron chi connectivity index (χ4n) is 3.09. The zero-order chi connectivity index (χ0) is 21.5. The van der Waals surface area contributed by atoms with E-state index in [4.69, 9.17) is 4.74 Å². The quantitative estimate of drug-likeness (QED) is 0.622. The van der Waals surface area contributed by atoms with Gasteiger partial charge in [0, 0.05) is 24.8 Å². The predicted octanol–water partition coefficient (Wildman–Crippen LogP) is 3.36. The summed E-state index contributed by atoms with van der Waals surface area (Å²) in [6.45, 7) is 3.59. The first-order chi connectivity index (χ1) is 14.5. The third-order valence-electron chi connectivity index (χ3n) is 4.57. The van der Waals surface area contributed by atoms with Crippen molar-refractivity contribution in [2.24, 2.45) is 0 Å². The molecule has 1 heterocycles. The molecule has 0 radical (unpaired) electrons. The number of ether oxygens (including phenoxy) is 1. The van der Waals surface area contributed by atoms with Crippen molar-refractivity contribution in [3.63, 3.8) is 0 Å². The molecule has 1 aromatic heterocycles. The highest BCUT2D eigenvalue weighted by molar-refractivity contribution is 5.94. The number of hydrogen-bond donors (Lipinski definition) is 1. The van der Waals surface area contributed by atoms with Crippen molar-refractivity contribution < 1.29 is 14.3 Å². The van der Waals surface area contributed by atoms with Gasteiger partial charge in [0.1, 0.15) is 19.0 Å². The number of nitrogens with one attached hydrogen (secondary N) is 1. The summed E-state index contributed by atoms with van der Waals surface area (Å²) in [6, 6.07) is 21.0. The summed E-state index contributed by atoms with van der Waals surface area (Å²) in [6.07, 6.45) is 0. The predicted molar refractivity (Wildman–Crippen MR) is 116 cm³/mol. The summed E-state index contributed by atoms with van der Waals surface area (Å²) in [5.41, 5.74) is 2.51. The largest absolute Gasteiger partial charge is 0.375 e. The number of aromatic nitrogens is 2. The summed E-state index contributed by atoms with van der Waals surface area (Å²) in [5, 5.41) is 7.59. The maximum Gasteiger partial charge on any atom is 0.249 e. The van der Waals surface area contributed by atoms with Gasteiger partial charge in [-0.05, 0) is 26.0 Å². The van der Waals surface area contributed by atoms with Gasteiger partial charge in [0.15, 0.2) is 0 Å². The monoisotopic (exact) mass is 406 g/mol. The standard InChI is InChI=1S/C23H26N4O3/c1-17(2)26(23(29)16-30-3)15-22(28)24-21-14-20(18-10-6-4-7-11-18)25-27(21)19-12-8-5-9-13-19/h4-14,17H,15-16H2,1-3H3,(H,24,28). The van der Waals surface area contributed by atoms with Crippen molar-refractivity contribution in [3.05, 3.63) is 66.7 Å². The molecule has 3 aromatic rings. The SMILES string of the molecule is COCC(=O)N(CC(=O)Nc1cc(-c2ccccc2)nn1-c1ccccc1)C(C)C. The van der Waals surface area contributed by atoms with Gasteiger partial charge >= 0.3 is 0 Å².